The van der Waals surface area contributed by atoms with E-state index in [1.54, 1.807) is 33.2 Å². The summed E-state index contributed by atoms with van der Waals surface area (Å²) in [5.41, 5.74) is 0.367. The number of aliphatic carboxylic acids is 1. The van der Waals surface area contributed by atoms with Gasteiger partial charge in [0, 0.05) is 6.20 Å². The fourth-order valence-electron chi connectivity index (χ4n) is 1.75. The lowest BCUT2D eigenvalue weighted by molar-refractivity contribution is -0.139. The van der Waals surface area contributed by atoms with Gasteiger partial charge in [-0.1, -0.05) is 13.3 Å². The van der Waals surface area contributed by atoms with E-state index >= 15 is 0 Å². The summed E-state index contributed by atoms with van der Waals surface area (Å²) >= 11 is 0. The van der Waals surface area contributed by atoms with Crippen molar-refractivity contribution in [3.05, 3.63) is 18.0 Å². The second-order valence-corrected chi connectivity index (χ2v) is 5.86. The van der Waals surface area contributed by atoms with Gasteiger partial charge in [-0.25, -0.2) is 9.59 Å². The maximum absolute atomic E-state index is 11.6. The quantitative estimate of drug-likeness (QED) is 0.835. The molecule has 1 aromatic rings. The smallest absolute Gasteiger partial charge is 0.408 e. The number of carbonyl (C=O) groups excluding carboxylic acids is 1. The van der Waals surface area contributed by atoms with Crippen LogP contribution in [0.2, 0.25) is 0 Å². The van der Waals surface area contributed by atoms with Gasteiger partial charge in [0.25, 0.3) is 0 Å². The number of nitrogens with zero attached hydrogens (tertiary/aromatic N) is 2. The molecular formula is C14H23N3O4. The average molecular weight is 297 g/mol. The summed E-state index contributed by atoms with van der Waals surface area (Å²) in [5.74, 6) is -1.13. The van der Waals surface area contributed by atoms with Gasteiger partial charge in [-0.2, -0.15) is 5.10 Å². The fourth-order valence-corrected chi connectivity index (χ4v) is 1.75. The highest BCUT2D eigenvalue weighted by atomic mass is 16.6. The number of nitrogens with one attached hydrogen (secondary N) is 1. The van der Waals surface area contributed by atoms with E-state index in [2.05, 4.69) is 17.3 Å². The van der Waals surface area contributed by atoms with Crippen LogP contribution >= 0.6 is 0 Å². The summed E-state index contributed by atoms with van der Waals surface area (Å²) in [6.45, 7) is 7.26. The van der Waals surface area contributed by atoms with E-state index in [9.17, 15) is 14.7 Å². The number of carboxylic acid groups (broad SMARTS) is 1. The van der Waals surface area contributed by atoms with Gasteiger partial charge >= 0.3 is 12.1 Å². The van der Waals surface area contributed by atoms with Gasteiger partial charge in [-0.3, -0.25) is 4.68 Å². The Bertz CT molecular complexity index is 491. The van der Waals surface area contributed by atoms with Gasteiger partial charge in [0.15, 0.2) is 0 Å². The van der Waals surface area contributed by atoms with Crippen molar-refractivity contribution < 1.29 is 19.4 Å². The van der Waals surface area contributed by atoms with E-state index < -0.39 is 23.7 Å². The van der Waals surface area contributed by atoms with Crippen molar-refractivity contribution in [2.45, 2.75) is 58.7 Å². The average Bonchev–Trinajstić information content (AvgIpc) is 2.73. The first kappa shape index (κ1) is 17.0. The van der Waals surface area contributed by atoms with Gasteiger partial charge in [0.1, 0.15) is 11.6 Å². The minimum absolute atomic E-state index is 0.0539. The lowest BCUT2D eigenvalue weighted by atomic mass is 10.2. The molecule has 2 N–H and O–H groups in total. The summed E-state index contributed by atoms with van der Waals surface area (Å²) in [6.07, 6.45) is 4.61. The number of aryl methyl sites for hydroxylation is 1. The third kappa shape index (κ3) is 6.29. The minimum atomic E-state index is -1.13. The summed E-state index contributed by atoms with van der Waals surface area (Å²) in [7, 11) is 0. The topological polar surface area (TPSA) is 93.5 Å². The Labute approximate surface area is 124 Å². The van der Waals surface area contributed by atoms with Crippen molar-refractivity contribution in [3.63, 3.8) is 0 Å². The summed E-state index contributed by atoms with van der Waals surface area (Å²) in [6, 6.07) is -1.09. The zero-order valence-electron chi connectivity index (χ0n) is 12.9. The molecule has 7 heteroatoms. The molecule has 7 nitrogen and oxygen atoms in total. The zero-order chi connectivity index (χ0) is 16.0. The maximum Gasteiger partial charge on any atom is 0.408 e. The van der Waals surface area contributed by atoms with Crippen molar-refractivity contribution >= 4 is 12.1 Å². The largest absolute Gasteiger partial charge is 0.480 e. The van der Waals surface area contributed by atoms with E-state index in [-0.39, 0.29) is 6.54 Å². The zero-order valence-corrected chi connectivity index (χ0v) is 12.9. The first-order valence-corrected chi connectivity index (χ1v) is 6.95. The Kier molecular flexibility index (Phi) is 5.75. The first-order valence-electron chi connectivity index (χ1n) is 6.95. The molecule has 0 saturated heterocycles. The van der Waals surface area contributed by atoms with Gasteiger partial charge < -0.3 is 15.2 Å². The predicted molar refractivity (Wildman–Crippen MR) is 77.0 cm³/mol. The molecule has 1 aromatic heterocycles. The Morgan fingerprint density at radius 2 is 2.14 bits per heavy atom. The van der Waals surface area contributed by atoms with Crippen LogP contribution in [0.4, 0.5) is 4.79 Å². The third-order valence-electron chi connectivity index (χ3n) is 2.58. The standard InChI is InChI=1S/C14H23N3O4/c1-5-6-10-7-15-17(8-10)9-11(12(18)19)16-13(20)21-14(2,3)4/h7-8,11H,5-6,9H2,1-4H3,(H,16,20)(H,18,19). The maximum atomic E-state index is 11.6. The molecule has 0 fully saturated rings. The highest BCUT2D eigenvalue weighted by molar-refractivity contribution is 5.79. The normalized spacial score (nSPS) is 12.8. The van der Waals surface area contributed by atoms with Gasteiger partial charge in [-0.05, 0) is 32.8 Å². The molecule has 0 bridgehead atoms. The summed E-state index contributed by atoms with van der Waals surface area (Å²) in [5, 5.41) is 15.6. The molecular weight excluding hydrogens is 274 g/mol. The molecule has 1 atom stereocenters. The number of rotatable bonds is 6. The summed E-state index contributed by atoms with van der Waals surface area (Å²) < 4.78 is 6.57. The second kappa shape index (κ2) is 7.10. The van der Waals surface area contributed by atoms with Crippen LogP contribution in [0.3, 0.4) is 0 Å². The van der Waals surface area contributed by atoms with E-state index in [0.717, 1.165) is 18.4 Å². The number of aromatic nitrogens is 2. The minimum Gasteiger partial charge on any atom is -0.480 e. The number of hydrogen-bond donors (Lipinski definition) is 2. The SMILES string of the molecule is CCCc1cnn(CC(NC(=O)OC(C)(C)C)C(=O)O)c1. The molecule has 1 rings (SSSR count). The van der Waals surface area contributed by atoms with E-state index in [1.165, 1.54) is 4.68 Å². The van der Waals surface area contributed by atoms with Crippen LogP contribution in [-0.2, 0) is 22.5 Å². The monoisotopic (exact) mass is 297 g/mol. The molecule has 118 valence electrons. The number of alkyl carbamates (subject to hydrolysis) is 1. The number of hydrogen-bond acceptors (Lipinski definition) is 4. The lowest BCUT2D eigenvalue weighted by Gasteiger charge is -2.22. The molecule has 0 aliphatic carbocycles. The Morgan fingerprint density at radius 3 is 2.67 bits per heavy atom. The first-order chi connectivity index (χ1) is 9.71. The summed E-state index contributed by atoms with van der Waals surface area (Å²) in [4.78, 5) is 22.9. The number of carbonyl (C=O) groups is 2. The van der Waals surface area contributed by atoms with Crippen molar-refractivity contribution in [2.75, 3.05) is 0 Å². The fraction of sp³-hybridized carbons (Fsp3) is 0.643. The Morgan fingerprint density at radius 1 is 1.48 bits per heavy atom. The van der Waals surface area contributed by atoms with Gasteiger partial charge in [0.2, 0.25) is 0 Å². The molecule has 0 radical (unpaired) electrons. The second-order valence-electron chi connectivity index (χ2n) is 5.86. The number of ether oxygens (including phenoxy) is 1. The highest BCUT2D eigenvalue weighted by Crippen LogP contribution is 2.07. The van der Waals surface area contributed by atoms with E-state index in [0.29, 0.717) is 0 Å². The molecule has 21 heavy (non-hydrogen) atoms. The van der Waals surface area contributed by atoms with Crippen LogP contribution in [0.25, 0.3) is 0 Å². The highest BCUT2D eigenvalue weighted by Gasteiger charge is 2.24. The number of amides is 1. The number of carboxylic acids is 1. The van der Waals surface area contributed by atoms with Crippen LogP contribution in [0.1, 0.15) is 39.7 Å². The Hall–Kier alpha value is -2.05. The third-order valence-corrected chi connectivity index (χ3v) is 2.58. The van der Waals surface area contributed by atoms with Crippen molar-refractivity contribution in [2.24, 2.45) is 0 Å². The van der Waals surface area contributed by atoms with Crippen LogP contribution in [0.15, 0.2) is 12.4 Å². The van der Waals surface area contributed by atoms with E-state index in [4.69, 9.17) is 4.74 Å². The van der Waals surface area contributed by atoms with Crippen LogP contribution in [-0.4, -0.2) is 38.6 Å². The van der Waals surface area contributed by atoms with E-state index in [1.807, 2.05) is 0 Å². The molecule has 0 aliphatic rings. The molecule has 0 saturated carbocycles. The van der Waals surface area contributed by atoms with Crippen LogP contribution in [0, 0.1) is 0 Å². The Balaban J connectivity index is 2.65. The molecule has 0 spiro atoms. The molecule has 1 amide bonds. The molecule has 0 aromatic carbocycles. The van der Waals surface area contributed by atoms with Crippen molar-refractivity contribution in [3.8, 4) is 0 Å². The van der Waals surface area contributed by atoms with Gasteiger partial charge in [0.05, 0.1) is 12.7 Å². The van der Waals surface area contributed by atoms with Gasteiger partial charge in [-0.15, -0.1) is 0 Å². The van der Waals surface area contributed by atoms with Crippen LogP contribution in [0.5, 0.6) is 0 Å². The molecule has 1 heterocycles. The lowest BCUT2D eigenvalue weighted by Crippen LogP contribution is -2.45. The molecule has 1 unspecified atom stereocenters. The van der Waals surface area contributed by atoms with Crippen LogP contribution < -0.4 is 5.32 Å². The van der Waals surface area contributed by atoms with Crippen molar-refractivity contribution in [1.29, 1.82) is 0 Å². The predicted octanol–water partition coefficient (Wildman–Crippen LogP) is 1.81. The van der Waals surface area contributed by atoms with Crippen molar-refractivity contribution in [1.82, 2.24) is 15.1 Å². The molecule has 0 aliphatic heterocycles.